The van der Waals surface area contributed by atoms with E-state index in [0.29, 0.717) is 18.1 Å². The summed E-state index contributed by atoms with van der Waals surface area (Å²) >= 11 is 0. The van der Waals surface area contributed by atoms with Crippen LogP contribution in [0.5, 0.6) is 0 Å². The Kier molecular flexibility index (Phi) is 7.86. The van der Waals surface area contributed by atoms with Crippen LogP contribution in [-0.2, 0) is 9.47 Å². The van der Waals surface area contributed by atoms with E-state index in [-0.39, 0.29) is 12.1 Å². The molecule has 0 aromatic heterocycles. The van der Waals surface area contributed by atoms with Gasteiger partial charge in [0.25, 0.3) is 0 Å². The highest BCUT2D eigenvalue weighted by Gasteiger charge is 2.31. The van der Waals surface area contributed by atoms with Gasteiger partial charge in [0.1, 0.15) is 18.6 Å². The van der Waals surface area contributed by atoms with Crippen molar-refractivity contribution in [3.05, 3.63) is 83.7 Å². The van der Waals surface area contributed by atoms with Crippen molar-refractivity contribution in [3.63, 3.8) is 0 Å². The van der Waals surface area contributed by atoms with E-state index in [2.05, 4.69) is 21.6 Å². The molecule has 7 heteroatoms. The van der Waals surface area contributed by atoms with Crippen molar-refractivity contribution in [2.75, 3.05) is 19.6 Å². The minimum absolute atomic E-state index is 0.162. The van der Waals surface area contributed by atoms with Crippen molar-refractivity contribution in [2.45, 2.75) is 50.8 Å². The molecule has 3 aliphatic rings. The standard InChI is InChI=1S/C26H33N3O4/c1-19(20-10-4-2-5-11-20)27-26(31)28-22(16-29-14-8-9-15-29)25(30)24-18-32-17-23(33-24)21-12-6-3-7-13-21/h2-6,10-12,17-19,22,25,30H,7-9,13-16H2,1H3,(H2,27,28,31)/t19-,22+,25+/m0/s1. The molecule has 1 aromatic carbocycles. The minimum Gasteiger partial charge on any atom is -0.465 e. The highest BCUT2D eigenvalue weighted by Crippen LogP contribution is 2.28. The van der Waals surface area contributed by atoms with Crippen molar-refractivity contribution < 1.29 is 19.4 Å². The molecule has 1 saturated heterocycles. The maximum Gasteiger partial charge on any atom is 0.315 e. The third-order valence-corrected chi connectivity index (χ3v) is 6.21. The van der Waals surface area contributed by atoms with Gasteiger partial charge in [-0.05, 0) is 56.8 Å². The van der Waals surface area contributed by atoms with E-state index in [1.807, 2.05) is 49.4 Å². The first-order chi connectivity index (χ1) is 16.1. The molecule has 3 atom stereocenters. The van der Waals surface area contributed by atoms with Crippen LogP contribution in [-0.4, -0.2) is 47.8 Å². The van der Waals surface area contributed by atoms with E-state index < -0.39 is 12.1 Å². The number of hydrogen-bond donors (Lipinski definition) is 3. The van der Waals surface area contributed by atoms with Crippen LogP contribution in [0.4, 0.5) is 4.79 Å². The van der Waals surface area contributed by atoms with Crippen molar-refractivity contribution in [1.82, 2.24) is 15.5 Å². The van der Waals surface area contributed by atoms with E-state index in [1.165, 1.54) is 6.26 Å². The summed E-state index contributed by atoms with van der Waals surface area (Å²) in [6.45, 7) is 4.37. The molecular weight excluding hydrogens is 418 g/mol. The number of aliphatic hydroxyl groups is 1. The Balaban J connectivity index is 1.42. The first-order valence-electron chi connectivity index (χ1n) is 11.7. The second kappa shape index (κ2) is 11.2. The molecule has 1 aromatic rings. The number of benzene rings is 1. The number of nitrogens with zero attached hydrogens (tertiary/aromatic N) is 1. The number of carbonyl (C=O) groups excluding carboxylic acids is 1. The van der Waals surface area contributed by atoms with Gasteiger partial charge < -0.3 is 30.1 Å². The summed E-state index contributed by atoms with van der Waals surface area (Å²) in [6, 6.07) is 8.74. The van der Waals surface area contributed by atoms with E-state index in [4.69, 9.17) is 9.47 Å². The number of ether oxygens (including phenoxy) is 2. The van der Waals surface area contributed by atoms with Crippen LogP contribution in [0.25, 0.3) is 0 Å². The Bertz CT molecular complexity index is 932. The van der Waals surface area contributed by atoms with Crippen LogP contribution in [0, 0.1) is 0 Å². The van der Waals surface area contributed by atoms with E-state index in [9.17, 15) is 9.90 Å². The minimum atomic E-state index is -1.05. The molecule has 0 radical (unpaired) electrons. The van der Waals surface area contributed by atoms with Gasteiger partial charge in [-0.1, -0.05) is 48.6 Å². The summed E-state index contributed by atoms with van der Waals surface area (Å²) in [4.78, 5) is 15.1. The third-order valence-electron chi connectivity index (χ3n) is 6.21. The summed E-state index contributed by atoms with van der Waals surface area (Å²) in [5.41, 5.74) is 2.04. The summed E-state index contributed by atoms with van der Waals surface area (Å²) in [5, 5.41) is 17.2. The second-order valence-electron chi connectivity index (χ2n) is 8.71. The highest BCUT2D eigenvalue weighted by molar-refractivity contribution is 5.75. The van der Waals surface area contributed by atoms with Crippen LogP contribution in [0.2, 0.25) is 0 Å². The van der Waals surface area contributed by atoms with Crippen LogP contribution < -0.4 is 10.6 Å². The van der Waals surface area contributed by atoms with Crippen LogP contribution in [0.1, 0.15) is 44.2 Å². The van der Waals surface area contributed by atoms with Gasteiger partial charge in [0, 0.05) is 6.54 Å². The Morgan fingerprint density at radius 2 is 1.94 bits per heavy atom. The molecule has 33 heavy (non-hydrogen) atoms. The molecule has 2 amide bonds. The molecule has 3 N–H and O–H groups in total. The maximum atomic E-state index is 12.8. The average Bonchev–Trinajstić information content (AvgIpc) is 3.37. The fourth-order valence-corrected chi connectivity index (χ4v) is 4.32. The smallest absolute Gasteiger partial charge is 0.315 e. The number of carbonyl (C=O) groups is 1. The quantitative estimate of drug-likeness (QED) is 0.559. The molecule has 0 unspecified atom stereocenters. The Hall–Kier alpha value is -3.03. The molecule has 2 heterocycles. The number of nitrogens with one attached hydrogen (secondary N) is 2. The van der Waals surface area contributed by atoms with E-state index in [0.717, 1.165) is 49.9 Å². The number of rotatable bonds is 8. The second-order valence-corrected chi connectivity index (χ2v) is 8.71. The van der Waals surface area contributed by atoms with E-state index in [1.54, 1.807) is 6.26 Å². The van der Waals surface area contributed by atoms with Crippen molar-refractivity contribution in [3.8, 4) is 0 Å². The fraction of sp³-hybridized carbons (Fsp3) is 0.423. The van der Waals surface area contributed by atoms with Gasteiger partial charge >= 0.3 is 6.03 Å². The Labute approximate surface area is 195 Å². The summed E-state index contributed by atoms with van der Waals surface area (Å²) in [5.74, 6) is 0.890. The Morgan fingerprint density at radius 1 is 1.15 bits per heavy atom. The van der Waals surface area contributed by atoms with E-state index >= 15 is 0 Å². The first-order valence-corrected chi connectivity index (χ1v) is 11.7. The topological polar surface area (TPSA) is 83.1 Å². The number of allylic oxidation sites excluding steroid dienone is 4. The third kappa shape index (κ3) is 6.27. The zero-order valence-corrected chi connectivity index (χ0v) is 19.1. The summed E-state index contributed by atoms with van der Waals surface area (Å²) in [6.07, 6.45) is 12.0. The molecule has 1 fully saturated rings. The summed E-state index contributed by atoms with van der Waals surface area (Å²) in [7, 11) is 0. The number of amides is 2. The Morgan fingerprint density at radius 3 is 2.67 bits per heavy atom. The molecule has 7 nitrogen and oxygen atoms in total. The largest absolute Gasteiger partial charge is 0.465 e. The molecular formula is C26H33N3O4. The molecule has 0 spiro atoms. The lowest BCUT2D eigenvalue weighted by Gasteiger charge is -2.31. The zero-order chi connectivity index (χ0) is 23.0. The van der Waals surface area contributed by atoms with Gasteiger partial charge in [-0.15, -0.1) is 0 Å². The van der Waals surface area contributed by atoms with Crippen molar-refractivity contribution in [2.24, 2.45) is 0 Å². The summed E-state index contributed by atoms with van der Waals surface area (Å²) < 4.78 is 11.5. The van der Waals surface area contributed by atoms with Crippen LogP contribution in [0.3, 0.4) is 0 Å². The van der Waals surface area contributed by atoms with Gasteiger partial charge in [-0.25, -0.2) is 4.79 Å². The molecule has 176 valence electrons. The number of aliphatic hydroxyl groups excluding tert-OH is 1. The first kappa shape index (κ1) is 23.1. The SMILES string of the molecule is C[C@H](NC(=O)N[C@H](CN1CCCC1)[C@@H](O)C1=COC=C(C2=CC=CCC2)O1)c1ccccc1. The normalized spacial score (nSPS) is 21.0. The lowest BCUT2D eigenvalue weighted by Crippen LogP contribution is -2.53. The van der Waals surface area contributed by atoms with Gasteiger partial charge in [0.05, 0.1) is 12.1 Å². The molecule has 1 aliphatic carbocycles. The molecule has 2 aliphatic heterocycles. The van der Waals surface area contributed by atoms with Gasteiger partial charge in [-0.3, -0.25) is 0 Å². The van der Waals surface area contributed by atoms with Crippen LogP contribution in [0.15, 0.2) is 78.2 Å². The van der Waals surface area contributed by atoms with Crippen molar-refractivity contribution >= 4 is 6.03 Å². The average molecular weight is 452 g/mol. The van der Waals surface area contributed by atoms with Gasteiger partial charge in [0.2, 0.25) is 0 Å². The molecule has 0 bridgehead atoms. The number of hydrogen-bond acceptors (Lipinski definition) is 5. The van der Waals surface area contributed by atoms with Crippen molar-refractivity contribution in [1.29, 1.82) is 0 Å². The molecule has 0 saturated carbocycles. The monoisotopic (exact) mass is 451 g/mol. The molecule has 4 rings (SSSR count). The number of urea groups is 1. The fourth-order valence-electron chi connectivity index (χ4n) is 4.32. The number of likely N-dealkylation sites (tertiary alicyclic amines) is 1. The van der Waals surface area contributed by atoms with Crippen LogP contribution >= 0.6 is 0 Å². The lowest BCUT2D eigenvalue weighted by atomic mass is 10.0. The maximum absolute atomic E-state index is 12.8. The zero-order valence-electron chi connectivity index (χ0n) is 19.1. The lowest BCUT2D eigenvalue weighted by molar-refractivity contribution is 0.0741. The van der Waals surface area contributed by atoms with Gasteiger partial charge in [0.15, 0.2) is 11.5 Å². The highest BCUT2D eigenvalue weighted by atomic mass is 16.6. The predicted octanol–water partition coefficient (Wildman–Crippen LogP) is 3.88. The predicted molar refractivity (Wildman–Crippen MR) is 127 cm³/mol. The van der Waals surface area contributed by atoms with Gasteiger partial charge in [-0.2, -0.15) is 0 Å².